The fourth-order valence-corrected chi connectivity index (χ4v) is 3.70. The number of hydrogen-bond donors (Lipinski definition) is 3. The van der Waals surface area contributed by atoms with Crippen LogP contribution in [0.25, 0.3) is 0 Å². The highest BCUT2D eigenvalue weighted by atomic mass is 16.2. The largest absolute Gasteiger partial charge is 0.349 e. The molecule has 0 aliphatic heterocycles. The first-order valence-corrected chi connectivity index (χ1v) is 9.97. The Bertz CT molecular complexity index is 824. The molecule has 1 aliphatic carbocycles. The molecule has 0 bridgehead atoms. The molecule has 3 amide bonds. The average molecular weight is 380 g/mol. The van der Waals surface area contributed by atoms with Crippen LogP contribution in [0, 0.1) is 0 Å². The highest BCUT2D eigenvalue weighted by Crippen LogP contribution is 2.44. The molecule has 148 valence electrons. The number of amides is 3. The van der Waals surface area contributed by atoms with Gasteiger partial charge in [-0.15, -0.1) is 0 Å². The molecule has 0 radical (unpaired) electrons. The molecule has 3 N–H and O–H groups in total. The molecule has 0 aromatic heterocycles. The molecule has 5 nitrogen and oxygen atoms in total. The average Bonchev–Trinajstić information content (AvgIpc) is 2.68. The molecular formula is C23H29N3O2. The number of benzene rings is 2. The minimum Gasteiger partial charge on any atom is -0.349 e. The lowest BCUT2D eigenvalue weighted by atomic mass is 9.63. The minimum atomic E-state index is -0.469. The lowest BCUT2D eigenvalue weighted by Crippen LogP contribution is -2.49. The molecule has 1 aliphatic rings. The van der Waals surface area contributed by atoms with Crippen molar-refractivity contribution < 1.29 is 9.59 Å². The summed E-state index contributed by atoms with van der Waals surface area (Å²) in [5, 5.41) is 8.49. The van der Waals surface area contributed by atoms with Crippen molar-refractivity contribution in [3.8, 4) is 0 Å². The molecule has 0 saturated heterocycles. The highest BCUT2D eigenvalue weighted by molar-refractivity contribution is 5.91. The van der Waals surface area contributed by atoms with Crippen LogP contribution in [-0.2, 0) is 16.6 Å². The number of rotatable bonds is 6. The number of anilines is 1. The van der Waals surface area contributed by atoms with Gasteiger partial charge in [0.2, 0.25) is 5.91 Å². The second-order valence-electron chi connectivity index (χ2n) is 7.51. The first kappa shape index (κ1) is 19.9. The van der Waals surface area contributed by atoms with Gasteiger partial charge in [0.1, 0.15) is 0 Å². The summed E-state index contributed by atoms with van der Waals surface area (Å²) in [5.41, 5.74) is 3.66. The van der Waals surface area contributed by atoms with Crippen LogP contribution < -0.4 is 16.0 Å². The van der Waals surface area contributed by atoms with E-state index in [1.165, 1.54) is 5.56 Å². The van der Waals surface area contributed by atoms with Crippen molar-refractivity contribution in [3.05, 3.63) is 65.2 Å². The van der Waals surface area contributed by atoms with Gasteiger partial charge in [-0.25, -0.2) is 4.79 Å². The lowest BCUT2D eigenvalue weighted by molar-refractivity contribution is -0.130. The maximum Gasteiger partial charge on any atom is 0.318 e. The number of aryl methyl sites for hydroxylation is 1. The van der Waals surface area contributed by atoms with Gasteiger partial charge in [-0.05, 0) is 55.0 Å². The van der Waals surface area contributed by atoms with E-state index in [0.29, 0.717) is 5.69 Å². The molecule has 0 spiro atoms. The Balaban J connectivity index is 1.72. The Hall–Kier alpha value is -2.82. The quantitative estimate of drug-likeness (QED) is 0.700. The monoisotopic (exact) mass is 379 g/mol. The summed E-state index contributed by atoms with van der Waals surface area (Å²) in [4.78, 5) is 24.6. The number of hydrogen-bond acceptors (Lipinski definition) is 2. The standard InChI is InChI=1S/C23H29N3O2/c1-4-17-6-8-18(9-7-17)16(2)25-21(27)23(14-5-15-23)19-10-12-20(13-11-19)26-22(28)24-3/h6-13,16H,4-5,14-15H2,1-3H3,(H,25,27)(H2,24,26,28). The summed E-state index contributed by atoms with van der Waals surface area (Å²) in [6.07, 6.45) is 3.76. The summed E-state index contributed by atoms with van der Waals surface area (Å²) in [7, 11) is 1.58. The maximum absolute atomic E-state index is 13.2. The predicted octanol–water partition coefficient (Wildman–Crippen LogP) is 4.30. The van der Waals surface area contributed by atoms with Crippen molar-refractivity contribution in [2.24, 2.45) is 0 Å². The SMILES string of the molecule is CCc1ccc(C(C)NC(=O)C2(c3ccc(NC(=O)NC)cc3)CCC2)cc1. The van der Waals surface area contributed by atoms with Gasteiger partial charge in [-0.3, -0.25) is 4.79 Å². The van der Waals surface area contributed by atoms with Crippen LogP contribution in [0.5, 0.6) is 0 Å². The smallest absolute Gasteiger partial charge is 0.318 e. The van der Waals surface area contributed by atoms with Crippen LogP contribution in [0.1, 0.15) is 55.8 Å². The van der Waals surface area contributed by atoms with Gasteiger partial charge >= 0.3 is 6.03 Å². The number of urea groups is 1. The summed E-state index contributed by atoms with van der Waals surface area (Å²) < 4.78 is 0. The number of carbonyl (C=O) groups is 2. The molecule has 28 heavy (non-hydrogen) atoms. The van der Waals surface area contributed by atoms with Crippen LogP contribution in [0.15, 0.2) is 48.5 Å². The van der Waals surface area contributed by atoms with Gasteiger partial charge < -0.3 is 16.0 Å². The third-order valence-electron chi connectivity index (χ3n) is 5.80. The third kappa shape index (κ3) is 4.03. The highest BCUT2D eigenvalue weighted by Gasteiger charge is 2.45. The van der Waals surface area contributed by atoms with Crippen molar-refractivity contribution in [1.82, 2.24) is 10.6 Å². The summed E-state index contributed by atoms with van der Waals surface area (Å²) >= 11 is 0. The van der Waals surface area contributed by atoms with E-state index in [0.717, 1.165) is 36.8 Å². The van der Waals surface area contributed by atoms with E-state index in [1.807, 2.05) is 31.2 Å². The molecular weight excluding hydrogens is 350 g/mol. The van der Waals surface area contributed by atoms with Gasteiger partial charge in [0.05, 0.1) is 11.5 Å². The fraction of sp³-hybridized carbons (Fsp3) is 0.391. The van der Waals surface area contributed by atoms with Crippen LogP contribution in [0.2, 0.25) is 0 Å². The predicted molar refractivity (Wildman–Crippen MR) is 112 cm³/mol. The Kier molecular flexibility index (Phi) is 6.02. The Morgan fingerprint density at radius 3 is 2.18 bits per heavy atom. The molecule has 1 saturated carbocycles. The minimum absolute atomic E-state index is 0.0370. The van der Waals surface area contributed by atoms with Crippen molar-refractivity contribution in [2.75, 3.05) is 12.4 Å². The molecule has 2 aromatic carbocycles. The van der Waals surface area contributed by atoms with E-state index >= 15 is 0 Å². The normalized spacial score (nSPS) is 15.8. The molecule has 1 atom stereocenters. The Morgan fingerprint density at radius 1 is 1.04 bits per heavy atom. The number of nitrogens with one attached hydrogen (secondary N) is 3. The van der Waals surface area contributed by atoms with Crippen molar-refractivity contribution in [1.29, 1.82) is 0 Å². The van der Waals surface area contributed by atoms with E-state index in [2.05, 4.69) is 47.1 Å². The summed E-state index contributed by atoms with van der Waals surface area (Å²) in [6, 6.07) is 15.7. The summed E-state index contributed by atoms with van der Waals surface area (Å²) in [6.45, 7) is 4.16. The van der Waals surface area contributed by atoms with Gasteiger partial charge in [0, 0.05) is 12.7 Å². The summed E-state index contributed by atoms with van der Waals surface area (Å²) in [5.74, 6) is 0.0813. The van der Waals surface area contributed by atoms with Gasteiger partial charge in [0.15, 0.2) is 0 Å². The van der Waals surface area contributed by atoms with Crippen LogP contribution in [0.4, 0.5) is 10.5 Å². The van der Waals surface area contributed by atoms with Crippen LogP contribution >= 0.6 is 0 Å². The molecule has 2 aromatic rings. The zero-order chi connectivity index (χ0) is 20.1. The first-order chi connectivity index (χ1) is 13.5. The van der Waals surface area contributed by atoms with Gasteiger partial charge in [-0.2, -0.15) is 0 Å². The van der Waals surface area contributed by atoms with Crippen molar-refractivity contribution >= 4 is 17.6 Å². The van der Waals surface area contributed by atoms with E-state index in [-0.39, 0.29) is 18.0 Å². The number of carbonyl (C=O) groups excluding carboxylic acids is 2. The molecule has 1 fully saturated rings. The lowest BCUT2D eigenvalue weighted by Gasteiger charge is -2.41. The second-order valence-corrected chi connectivity index (χ2v) is 7.51. The van der Waals surface area contributed by atoms with E-state index in [9.17, 15) is 9.59 Å². The van der Waals surface area contributed by atoms with Crippen molar-refractivity contribution in [3.63, 3.8) is 0 Å². The van der Waals surface area contributed by atoms with E-state index < -0.39 is 5.41 Å². The first-order valence-electron chi connectivity index (χ1n) is 9.97. The Morgan fingerprint density at radius 2 is 1.68 bits per heavy atom. The topological polar surface area (TPSA) is 70.2 Å². The fourth-order valence-electron chi connectivity index (χ4n) is 3.70. The molecule has 1 unspecified atom stereocenters. The third-order valence-corrected chi connectivity index (χ3v) is 5.80. The molecule has 0 heterocycles. The maximum atomic E-state index is 13.2. The van der Waals surface area contributed by atoms with Crippen LogP contribution in [-0.4, -0.2) is 19.0 Å². The molecule has 3 rings (SSSR count). The zero-order valence-electron chi connectivity index (χ0n) is 16.8. The molecule has 5 heteroatoms. The zero-order valence-corrected chi connectivity index (χ0v) is 16.8. The van der Waals surface area contributed by atoms with E-state index in [1.54, 1.807) is 7.05 Å². The van der Waals surface area contributed by atoms with Crippen LogP contribution in [0.3, 0.4) is 0 Å². The van der Waals surface area contributed by atoms with E-state index in [4.69, 9.17) is 0 Å². The van der Waals surface area contributed by atoms with Crippen molar-refractivity contribution in [2.45, 2.75) is 51.0 Å². The Labute approximate surface area is 166 Å². The van der Waals surface area contributed by atoms with Gasteiger partial charge in [-0.1, -0.05) is 49.7 Å². The second kappa shape index (κ2) is 8.46. The van der Waals surface area contributed by atoms with Gasteiger partial charge in [0.25, 0.3) is 0 Å².